The lowest BCUT2D eigenvalue weighted by molar-refractivity contribution is -0.149. The number of hydrogen-bond donors (Lipinski definition) is 1. The van der Waals surface area contributed by atoms with Crippen molar-refractivity contribution in [2.24, 2.45) is 0 Å². The zero-order valence-electron chi connectivity index (χ0n) is 10.5. The predicted octanol–water partition coefficient (Wildman–Crippen LogP) is 0.593. The molecule has 1 aromatic rings. The zero-order chi connectivity index (χ0) is 14.2. The van der Waals surface area contributed by atoms with E-state index in [2.05, 4.69) is 0 Å². The number of hydrogen-bond acceptors (Lipinski definition) is 5. The Balaban J connectivity index is 2.19. The van der Waals surface area contributed by atoms with Crippen LogP contribution < -0.4 is 4.87 Å². The van der Waals surface area contributed by atoms with Crippen molar-refractivity contribution in [1.29, 1.82) is 0 Å². The number of carboxylic acid groups (broad SMARTS) is 1. The second kappa shape index (κ2) is 5.38. The quantitative estimate of drug-likeness (QED) is 0.884. The van der Waals surface area contributed by atoms with E-state index >= 15 is 0 Å². The smallest absolute Gasteiger partial charge is 0.327 e. The average molecular weight is 302 g/mol. The molecule has 0 saturated carbocycles. The van der Waals surface area contributed by atoms with E-state index in [4.69, 9.17) is 5.11 Å². The molecule has 1 fully saturated rings. The number of rotatable bonds is 3. The molecule has 1 N–H and O–H groups in total. The Hall–Kier alpha value is -1.28. The highest BCUT2D eigenvalue weighted by atomic mass is 32.2. The molecule has 2 atom stereocenters. The lowest BCUT2D eigenvalue weighted by atomic mass is 10.2. The van der Waals surface area contributed by atoms with E-state index in [1.54, 1.807) is 19.2 Å². The highest BCUT2D eigenvalue weighted by Crippen LogP contribution is 2.29. The van der Waals surface area contributed by atoms with Gasteiger partial charge in [-0.05, 0) is 13.8 Å². The second-order valence-corrected chi connectivity index (χ2v) is 6.49. The van der Waals surface area contributed by atoms with E-state index in [1.807, 2.05) is 0 Å². The van der Waals surface area contributed by atoms with Gasteiger partial charge < -0.3 is 10.0 Å². The summed E-state index contributed by atoms with van der Waals surface area (Å²) in [6.07, 6.45) is 0. The topological polar surface area (TPSA) is 79.6 Å². The molecule has 104 valence electrons. The van der Waals surface area contributed by atoms with Crippen molar-refractivity contribution in [3.05, 3.63) is 20.7 Å². The summed E-state index contributed by atoms with van der Waals surface area (Å²) in [5.41, 5.74) is 0.717. The van der Waals surface area contributed by atoms with Crippen LogP contribution >= 0.6 is 23.1 Å². The molecule has 19 heavy (non-hydrogen) atoms. The van der Waals surface area contributed by atoms with Gasteiger partial charge in [0, 0.05) is 16.8 Å². The fourth-order valence-corrected chi connectivity index (χ4v) is 3.95. The number of nitrogens with zero attached hydrogens (tertiary/aromatic N) is 2. The molecule has 0 aromatic carbocycles. The molecule has 0 aliphatic carbocycles. The molecule has 1 aliphatic rings. The number of aliphatic carboxylic acids is 1. The molecule has 2 unspecified atom stereocenters. The van der Waals surface area contributed by atoms with E-state index in [9.17, 15) is 14.4 Å². The Morgan fingerprint density at radius 2 is 2.21 bits per heavy atom. The van der Waals surface area contributed by atoms with Gasteiger partial charge in [-0.3, -0.25) is 14.2 Å². The van der Waals surface area contributed by atoms with Crippen LogP contribution in [0, 0.1) is 6.92 Å². The maximum absolute atomic E-state index is 12.2. The van der Waals surface area contributed by atoms with Crippen molar-refractivity contribution in [3.63, 3.8) is 0 Å². The third-order valence-corrected chi connectivity index (χ3v) is 5.16. The van der Waals surface area contributed by atoms with Gasteiger partial charge in [0.25, 0.3) is 0 Å². The summed E-state index contributed by atoms with van der Waals surface area (Å²) < 4.78 is 1.38. The first-order chi connectivity index (χ1) is 8.91. The van der Waals surface area contributed by atoms with Crippen molar-refractivity contribution in [2.75, 3.05) is 5.75 Å². The highest BCUT2D eigenvalue weighted by molar-refractivity contribution is 8.00. The first kappa shape index (κ1) is 14.1. The van der Waals surface area contributed by atoms with Crippen LogP contribution in [0.2, 0.25) is 0 Å². The maximum atomic E-state index is 12.2. The number of aromatic nitrogens is 1. The summed E-state index contributed by atoms with van der Waals surface area (Å²) in [4.78, 5) is 36.1. The van der Waals surface area contributed by atoms with Gasteiger partial charge in [-0.15, -0.1) is 11.8 Å². The summed E-state index contributed by atoms with van der Waals surface area (Å²) in [6.45, 7) is 3.46. The third-order valence-electron chi connectivity index (χ3n) is 3.07. The molecule has 1 amide bonds. The van der Waals surface area contributed by atoms with E-state index in [-0.39, 0.29) is 22.7 Å². The Morgan fingerprint density at radius 1 is 1.53 bits per heavy atom. The van der Waals surface area contributed by atoms with E-state index in [1.165, 1.54) is 21.2 Å². The number of aryl methyl sites for hydroxylation is 1. The zero-order valence-corrected chi connectivity index (χ0v) is 12.2. The van der Waals surface area contributed by atoms with Crippen molar-refractivity contribution < 1.29 is 14.7 Å². The molecule has 0 spiro atoms. The molecule has 8 heteroatoms. The van der Waals surface area contributed by atoms with Gasteiger partial charge >= 0.3 is 10.8 Å². The lowest BCUT2D eigenvalue weighted by Crippen LogP contribution is -2.46. The van der Waals surface area contributed by atoms with Crippen molar-refractivity contribution in [1.82, 2.24) is 9.47 Å². The third kappa shape index (κ3) is 2.69. The van der Waals surface area contributed by atoms with Crippen LogP contribution in [0.3, 0.4) is 0 Å². The van der Waals surface area contributed by atoms with E-state index in [0.29, 0.717) is 5.75 Å². The molecular formula is C11H14N2O4S2. The monoisotopic (exact) mass is 302 g/mol. The number of thiazole rings is 1. The molecule has 1 aromatic heterocycles. The van der Waals surface area contributed by atoms with Crippen LogP contribution in [0.1, 0.15) is 12.6 Å². The van der Waals surface area contributed by atoms with Crippen LogP contribution in [-0.2, 0) is 16.1 Å². The van der Waals surface area contributed by atoms with Crippen LogP contribution in [0.5, 0.6) is 0 Å². The number of amides is 1. The fraction of sp³-hybridized carbons (Fsp3) is 0.545. The van der Waals surface area contributed by atoms with Crippen LogP contribution in [0.4, 0.5) is 0 Å². The number of thioether (sulfide) groups is 1. The molecule has 0 bridgehead atoms. The van der Waals surface area contributed by atoms with Gasteiger partial charge in [-0.2, -0.15) is 0 Å². The average Bonchev–Trinajstić information content (AvgIpc) is 2.86. The number of carboxylic acids is 1. The van der Waals surface area contributed by atoms with Crippen LogP contribution in [0.25, 0.3) is 0 Å². The normalized spacial score (nSPS) is 22.7. The highest BCUT2D eigenvalue weighted by Gasteiger charge is 2.39. The summed E-state index contributed by atoms with van der Waals surface area (Å²) in [7, 11) is 0. The van der Waals surface area contributed by atoms with Gasteiger partial charge in [0.05, 0.1) is 5.37 Å². The molecule has 6 nitrogen and oxygen atoms in total. The van der Waals surface area contributed by atoms with Gasteiger partial charge in [-0.1, -0.05) is 11.3 Å². The van der Waals surface area contributed by atoms with Crippen LogP contribution in [-0.4, -0.2) is 43.6 Å². The van der Waals surface area contributed by atoms with Gasteiger partial charge in [-0.25, -0.2) is 4.79 Å². The van der Waals surface area contributed by atoms with E-state index < -0.39 is 12.0 Å². The molecular weight excluding hydrogens is 288 g/mol. The molecule has 2 rings (SSSR count). The number of carbonyl (C=O) groups excluding carboxylic acids is 1. The van der Waals surface area contributed by atoms with Crippen molar-refractivity contribution >= 4 is 35.0 Å². The SMILES string of the molecule is Cc1csc(=O)n1CC(=O)N1C(C)SCC1C(=O)O. The van der Waals surface area contributed by atoms with Gasteiger partial charge in [0.15, 0.2) is 0 Å². The standard InChI is InChI=1S/C11H14N2O4S2/c1-6-4-19-11(17)12(6)3-9(14)13-7(2)18-5-8(13)10(15)16/h4,7-8H,3,5H2,1-2H3,(H,15,16). The minimum atomic E-state index is -1.00. The molecule has 0 radical (unpaired) electrons. The lowest BCUT2D eigenvalue weighted by Gasteiger charge is -2.25. The Kier molecular flexibility index (Phi) is 4.00. The fourth-order valence-electron chi connectivity index (χ4n) is 2.02. The predicted molar refractivity (Wildman–Crippen MR) is 73.5 cm³/mol. The number of carbonyl (C=O) groups is 2. The molecule has 1 aliphatic heterocycles. The summed E-state index contributed by atoms with van der Waals surface area (Å²) in [5.74, 6) is -0.937. The van der Waals surface area contributed by atoms with Crippen LogP contribution in [0.15, 0.2) is 10.2 Å². The summed E-state index contributed by atoms with van der Waals surface area (Å²) in [5, 5.41) is 10.6. The largest absolute Gasteiger partial charge is 0.480 e. The first-order valence-corrected chi connectivity index (χ1v) is 7.65. The van der Waals surface area contributed by atoms with Gasteiger partial charge in [0.1, 0.15) is 12.6 Å². The maximum Gasteiger partial charge on any atom is 0.327 e. The second-order valence-electron chi connectivity index (χ2n) is 4.32. The Morgan fingerprint density at radius 3 is 2.74 bits per heavy atom. The van der Waals surface area contributed by atoms with Gasteiger partial charge in [0.2, 0.25) is 5.91 Å². The summed E-state index contributed by atoms with van der Waals surface area (Å²) in [6, 6.07) is -0.804. The molecule has 2 heterocycles. The summed E-state index contributed by atoms with van der Waals surface area (Å²) >= 11 is 2.47. The first-order valence-electron chi connectivity index (χ1n) is 5.72. The Labute approximate surface area is 118 Å². The van der Waals surface area contributed by atoms with E-state index in [0.717, 1.165) is 17.0 Å². The molecule has 1 saturated heterocycles. The van der Waals surface area contributed by atoms with Crippen molar-refractivity contribution in [3.8, 4) is 0 Å². The Bertz CT molecular complexity index is 565. The minimum absolute atomic E-state index is 0.0944. The minimum Gasteiger partial charge on any atom is -0.480 e. The van der Waals surface area contributed by atoms with Crippen molar-refractivity contribution in [2.45, 2.75) is 31.8 Å².